The summed E-state index contributed by atoms with van der Waals surface area (Å²) in [5.41, 5.74) is 0. The number of hydrogen-bond acceptors (Lipinski definition) is 3. The smallest absolute Gasteiger partial charge is 0.237 e. The summed E-state index contributed by atoms with van der Waals surface area (Å²) >= 11 is 0. The van der Waals surface area contributed by atoms with Gasteiger partial charge in [0.15, 0.2) is 0 Å². The van der Waals surface area contributed by atoms with Gasteiger partial charge in [0, 0.05) is 12.6 Å². The van der Waals surface area contributed by atoms with Crippen molar-refractivity contribution in [2.45, 2.75) is 51.8 Å². The number of nitrogens with zero attached hydrogens (tertiary/aromatic N) is 1. The third-order valence-electron chi connectivity index (χ3n) is 3.23. The molecule has 0 bridgehead atoms. The van der Waals surface area contributed by atoms with Crippen LogP contribution in [0.3, 0.4) is 0 Å². The zero-order chi connectivity index (χ0) is 12.3. The Bertz CT molecular complexity index is 237. The number of aliphatic hydroxyl groups is 1. The maximum Gasteiger partial charge on any atom is 0.237 e. The van der Waals surface area contributed by atoms with Crippen LogP contribution < -0.4 is 5.32 Å². The van der Waals surface area contributed by atoms with Gasteiger partial charge in [0.25, 0.3) is 0 Å². The van der Waals surface area contributed by atoms with Gasteiger partial charge in [-0.15, -0.1) is 0 Å². The summed E-state index contributed by atoms with van der Waals surface area (Å²) in [6, 6.07) is 0.0917. The van der Waals surface area contributed by atoms with Gasteiger partial charge in [-0.1, -0.05) is 0 Å². The van der Waals surface area contributed by atoms with Crippen molar-refractivity contribution < 1.29 is 9.90 Å². The SMILES string of the molecule is CC(C)NC(=O)C(C)N(C)CC1CC(O)C1. The lowest BCUT2D eigenvalue weighted by Gasteiger charge is -2.36. The summed E-state index contributed by atoms with van der Waals surface area (Å²) in [6.45, 7) is 6.75. The largest absolute Gasteiger partial charge is 0.393 e. The molecule has 1 rings (SSSR count). The van der Waals surface area contributed by atoms with Crippen LogP contribution in [0, 0.1) is 5.92 Å². The van der Waals surface area contributed by atoms with Crippen molar-refractivity contribution in [3.05, 3.63) is 0 Å². The van der Waals surface area contributed by atoms with Crippen molar-refractivity contribution in [1.82, 2.24) is 10.2 Å². The zero-order valence-electron chi connectivity index (χ0n) is 10.7. The van der Waals surface area contributed by atoms with Crippen LogP contribution >= 0.6 is 0 Å². The zero-order valence-corrected chi connectivity index (χ0v) is 10.7. The maximum absolute atomic E-state index is 11.7. The Kier molecular flexibility index (Phi) is 4.74. The van der Waals surface area contributed by atoms with Gasteiger partial charge in [0.2, 0.25) is 5.91 Å². The minimum atomic E-state index is -0.113. The normalized spacial score (nSPS) is 26.7. The fourth-order valence-electron chi connectivity index (χ4n) is 2.02. The van der Waals surface area contributed by atoms with Crippen LogP contribution in [0.15, 0.2) is 0 Å². The second-order valence-electron chi connectivity index (χ2n) is 5.27. The minimum absolute atomic E-state index is 0.0809. The quantitative estimate of drug-likeness (QED) is 0.724. The molecule has 0 spiro atoms. The highest BCUT2D eigenvalue weighted by Gasteiger charge is 2.30. The Morgan fingerprint density at radius 3 is 2.44 bits per heavy atom. The molecule has 4 nitrogen and oxygen atoms in total. The Morgan fingerprint density at radius 1 is 1.44 bits per heavy atom. The molecule has 0 radical (unpaired) electrons. The molecule has 1 atom stereocenters. The molecule has 1 fully saturated rings. The Labute approximate surface area is 98.0 Å². The van der Waals surface area contributed by atoms with E-state index in [2.05, 4.69) is 10.2 Å². The first kappa shape index (κ1) is 13.5. The molecule has 0 aliphatic heterocycles. The molecule has 94 valence electrons. The van der Waals surface area contributed by atoms with E-state index < -0.39 is 0 Å². The molecule has 1 aliphatic rings. The lowest BCUT2D eigenvalue weighted by molar-refractivity contribution is -0.126. The molecule has 1 unspecified atom stereocenters. The van der Waals surface area contributed by atoms with Crippen molar-refractivity contribution in [3.8, 4) is 0 Å². The van der Waals surface area contributed by atoms with Crippen molar-refractivity contribution in [2.75, 3.05) is 13.6 Å². The summed E-state index contributed by atoms with van der Waals surface area (Å²) in [7, 11) is 1.97. The minimum Gasteiger partial charge on any atom is -0.393 e. The van der Waals surface area contributed by atoms with Crippen LogP contribution in [-0.2, 0) is 4.79 Å². The number of aliphatic hydroxyl groups excluding tert-OH is 1. The van der Waals surface area contributed by atoms with Gasteiger partial charge < -0.3 is 10.4 Å². The topological polar surface area (TPSA) is 52.6 Å². The third-order valence-corrected chi connectivity index (χ3v) is 3.23. The molecular weight excluding hydrogens is 204 g/mol. The monoisotopic (exact) mass is 228 g/mol. The van der Waals surface area contributed by atoms with E-state index in [0.29, 0.717) is 5.92 Å². The van der Waals surface area contributed by atoms with E-state index in [4.69, 9.17) is 0 Å². The number of likely N-dealkylation sites (N-methyl/N-ethyl adjacent to an activating group) is 1. The molecule has 0 aromatic carbocycles. The first-order chi connectivity index (χ1) is 7.40. The van der Waals surface area contributed by atoms with Crippen LogP contribution in [0.25, 0.3) is 0 Å². The summed E-state index contributed by atoms with van der Waals surface area (Å²) in [5, 5.41) is 12.1. The van der Waals surface area contributed by atoms with Gasteiger partial charge in [-0.2, -0.15) is 0 Å². The summed E-state index contributed by atoms with van der Waals surface area (Å²) < 4.78 is 0. The van der Waals surface area contributed by atoms with Gasteiger partial charge >= 0.3 is 0 Å². The van der Waals surface area contributed by atoms with Gasteiger partial charge in [-0.25, -0.2) is 0 Å². The summed E-state index contributed by atoms with van der Waals surface area (Å²) in [6.07, 6.45) is 1.64. The number of carbonyl (C=O) groups excluding carboxylic acids is 1. The fourth-order valence-corrected chi connectivity index (χ4v) is 2.02. The lowest BCUT2D eigenvalue weighted by Crippen LogP contribution is -2.48. The van der Waals surface area contributed by atoms with E-state index in [9.17, 15) is 9.90 Å². The first-order valence-corrected chi connectivity index (χ1v) is 6.08. The van der Waals surface area contributed by atoms with E-state index in [-0.39, 0.29) is 24.1 Å². The van der Waals surface area contributed by atoms with Crippen molar-refractivity contribution >= 4 is 5.91 Å². The molecule has 16 heavy (non-hydrogen) atoms. The molecule has 1 saturated carbocycles. The molecule has 0 heterocycles. The van der Waals surface area contributed by atoms with E-state index in [1.54, 1.807) is 0 Å². The Hall–Kier alpha value is -0.610. The predicted molar refractivity (Wildman–Crippen MR) is 64.1 cm³/mol. The van der Waals surface area contributed by atoms with Crippen molar-refractivity contribution in [3.63, 3.8) is 0 Å². The van der Waals surface area contributed by atoms with Crippen LogP contribution in [-0.4, -0.2) is 47.7 Å². The molecular formula is C12H24N2O2. The molecule has 0 saturated heterocycles. The van der Waals surface area contributed by atoms with Gasteiger partial charge in [-0.3, -0.25) is 9.69 Å². The number of nitrogens with one attached hydrogen (secondary N) is 1. The average molecular weight is 228 g/mol. The van der Waals surface area contributed by atoms with Gasteiger partial charge in [0.05, 0.1) is 12.1 Å². The Morgan fingerprint density at radius 2 is 2.00 bits per heavy atom. The number of rotatable bonds is 5. The molecule has 2 N–H and O–H groups in total. The highest BCUT2D eigenvalue weighted by molar-refractivity contribution is 5.81. The number of hydrogen-bond donors (Lipinski definition) is 2. The van der Waals surface area contributed by atoms with E-state index in [0.717, 1.165) is 19.4 Å². The molecule has 0 aromatic rings. The highest BCUT2D eigenvalue weighted by atomic mass is 16.3. The van der Waals surface area contributed by atoms with Crippen LogP contribution in [0.2, 0.25) is 0 Å². The summed E-state index contributed by atoms with van der Waals surface area (Å²) in [4.78, 5) is 13.8. The first-order valence-electron chi connectivity index (χ1n) is 6.08. The second-order valence-corrected chi connectivity index (χ2v) is 5.27. The lowest BCUT2D eigenvalue weighted by atomic mass is 9.82. The predicted octanol–water partition coefficient (Wildman–Crippen LogP) is 0.602. The van der Waals surface area contributed by atoms with Crippen molar-refractivity contribution in [1.29, 1.82) is 0 Å². The molecule has 1 aliphatic carbocycles. The van der Waals surface area contributed by atoms with Gasteiger partial charge in [-0.05, 0) is 46.6 Å². The maximum atomic E-state index is 11.7. The Balaban J connectivity index is 2.29. The van der Waals surface area contributed by atoms with E-state index in [1.165, 1.54) is 0 Å². The van der Waals surface area contributed by atoms with Gasteiger partial charge in [0.1, 0.15) is 0 Å². The average Bonchev–Trinajstić information content (AvgIpc) is 2.12. The van der Waals surface area contributed by atoms with E-state index >= 15 is 0 Å². The number of amides is 1. The number of carbonyl (C=O) groups is 1. The fraction of sp³-hybridized carbons (Fsp3) is 0.917. The van der Waals surface area contributed by atoms with Crippen LogP contribution in [0.1, 0.15) is 33.6 Å². The second kappa shape index (κ2) is 5.64. The van der Waals surface area contributed by atoms with Crippen LogP contribution in [0.4, 0.5) is 0 Å². The molecule has 1 amide bonds. The standard InChI is InChI=1S/C12H24N2O2/c1-8(2)13-12(16)9(3)14(4)7-10-5-11(15)6-10/h8-11,15H,5-7H2,1-4H3,(H,13,16). The van der Waals surface area contributed by atoms with E-state index in [1.807, 2.05) is 27.8 Å². The van der Waals surface area contributed by atoms with Crippen molar-refractivity contribution in [2.24, 2.45) is 5.92 Å². The molecule has 0 aromatic heterocycles. The third kappa shape index (κ3) is 3.76. The summed E-state index contributed by atoms with van der Waals surface area (Å²) in [5.74, 6) is 0.631. The highest BCUT2D eigenvalue weighted by Crippen LogP contribution is 2.27. The van der Waals surface area contributed by atoms with Crippen LogP contribution in [0.5, 0.6) is 0 Å². The molecule has 4 heteroatoms.